The van der Waals surface area contributed by atoms with E-state index in [2.05, 4.69) is 75.7 Å². The lowest BCUT2D eigenvalue weighted by molar-refractivity contribution is -0.138. The quantitative estimate of drug-likeness (QED) is 0.108. The number of hydrogen-bond acceptors (Lipinski definition) is 11. The Kier molecular flexibility index (Phi) is 16.4. The summed E-state index contributed by atoms with van der Waals surface area (Å²) in [6.45, 7) is 10.8. The van der Waals surface area contributed by atoms with Crippen LogP contribution in [0.4, 0.5) is 5.82 Å². The maximum Gasteiger partial charge on any atom is 0.332 e. The van der Waals surface area contributed by atoms with Gasteiger partial charge >= 0.3 is 5.69 Å². The Morgan fingerprint density at radius 1 is 0.882 bits per heavy atom. The molecule has 1 spiro atoms. The van der Waals surface area contributed by atoms with Gasteiger partial charge in [-0.2, -0.15) is 0 Å². The molecule has 17 heteroatoms. The minimum Gasteiger partial charge on any atom is -0.496 e. The largest absolute Gasteiger partial charge is 0.496 e. The molecule has 0 bridgehead atoms. The topological polar surface area (TPSA) is 149 Å². The summed E-state index contributed by atoms with van der Waals surface area (Å²) in [5.74, 6) is 3.60. The third kappa shape index (κ3) is 11.8. The Hall–Kier alpha value is -5.58. The predicted molar refractivity (Wildman–Crippen MR) is 305 cm³/mol. The van der Waals surface area contributed by atoms with Crippen LogP contribution in [0.3, 0.4) is 0 Å². The van der Waals surface area contributed by atoms with Gasteiger partial charge in [-0.15, -0.1) is 11.3 Å². The van der Waals surface area contributed by atoms with Gasteiger partial charge < -0.3 is 24.8 Å². The molecule has 2 aliphatic heterocycles. The Bertz CT molecular complexity index is 3200. The number of methoxy groups -OCH3 is 1. The molecule has 0 unspecified atom stereocenters. The zero-order chi connectivity index (χ0) is 53.3. The normalized spacial score (nSPS) is 19.8. The van der Waals surface area contributed by atoms with Crippen LogP contribution in [0.1, 0.15) is 122 Å². The highest BCUT2D eigenvalue weighted by molar-refractivity contribution is 7.10. The fourth-order valence-electron chi connectivity index (χ4n) is 12.6. The molecule has 4 aliphatic rings. The number of piperidine rings is 1. The van der Waals surface area contributed by atoms with Crippen LogP contribution in [-0.2, 0) is 11.3 Å². The van der Waals surface area contributed by atoms with Crippen LogP contribution in [0.25, 0.3) is 27.7 Å². The van der Waals surface area contributed by atoms with Gasteiger partial charge in [-0.3, -0.25) is 28.8 Å². The van der Waals surface area contributed by atoms with Gasteiger partial charge in [0.05, 0.1) is 29.4 Å². The van der Waals surface area contributed by atoms with Gasteiger partial charge in [0.15, 0.2) is 0 Å². The van der Waals surface area contributed by atoms with Crippen molar-refractivity contribution in [3.8, 4) is 22.6 Å². The maximum absolute atomic E-state index is 14.0. The summed E-state index contributed by atoms with van der Waals surface area (Å²) in [7, 11) is 5.88. The number of hydrogen-bond donors (Lipinski definition) is 2. The second-order valence-electron chi connectivity index (χ2n) is 22.2. The van der Waals surface area contributed by atoms with E-state index < -0.39 is 11.2 Å². The van der Waals surface area contributed by atoms with Gasteiger partial charge in [0.25, 0.3) is 11.5 Å². The van der Waals surface area contributed by atoms with Crippen LogP contribution >= 0.6 is 34.5 Å². The molecule has 1 atom stereocenters. The molecule has 3 aromatic heterocycles. The van der Waals surface area contributed by atoms with Gasteiger partial charge in [-0.25, -0.2) is 14.8 Å². The van der Waals surface area contributed by atoms with Gasteiger partial charge in [0, 0.05) is 96.5 Å². The van der Waals surface area contributed by atoms with Crippen molar-refractivity contribution in [1.29, 1.82) is 0 Å². The number of thiophene rings is 1. The van der Waals surface area contributed by atoms with Crippen molar-refractivity contribution in [3.63, 3.8) is 0 Å². The molecular weight excluding hydrogens is 1020 g/mol. The zero-order valence-electron chi connectivity index (χ0n) is 44.5. The first kappa shape index (κ1) is 53.8. The van der Waals surface area contributed by atoms with E-state index in [4.69, 9.17) is 37.9 Å². The summed E-state index contributed by atoms with van der Waals surface area (Å²) in [5.41, 5.74) is 5.42. The molecule has 402 valence electrons. The Morgan fingerprint density at radius 3 is 2.34 bits per heavy atom. The summed E-state index contributed by atoms with van der Waals surface area (Å²) in [6, 6.07) is 18.9. The van der Waals surface area contributed by atoms with Crippen LogP contribution in [0, 0.1) is 24.2 Å². The Morgan fingerprint density at radius 2 is 1.63 bits per heavy atom. The number of nitrogens with one attached hydrogen (secondary N) is 2. The first-order valence-electron chi connectivity index (χ1n) is 27.2. The number of nitrogens with zero attached hydrogens (tertiary/aromatic N) is 7. The number of likely N-dealkylation sites (tertiary alicyclic amines) is 1. The summed E-state index contributed by atoms with van der Waals surface area (Å²) < 4.78 is 7.28. The number of carbonyl (C=O) groups excluding carboxylic acids is 2. The number of aromatic nitrogens is 4. The van der Waals surface area contributed by atoms with Crippen LogP contribution in [0.2, 0.25) is 10.0 Å². The summed E-state index contributed by atoms with van der Waals surface area (Å²) in [4.78, 5) is 73.8. The lowest BCUT2D eigenvalue weighted by atomic mass is 9.65. The van der Waals surface area contributed by atoms with E-state index >= 15 is 0 Å². The summed E-state index contributed by atoms with van der Waals surface area (Å²) in [6.07, 6.45) is 13.0. The third-order valence-corrected chi connectivity index (χ3v) is 18.8. The maximum atomic E-state index is 14.0. The Labute approximate surface area is 459 Å². The van der Waals surface area contributed by atoms with Crippen molar-refractivity contribution in [1.82, 2.24) is 39.1 Å². The number of anilines is 1. The van der Waals surface area contributed by atoms with E-state index in [1.807, 2.05) is 24.0 Å². The number of halogens is 2. The number of piperazine rings is 1. The van der Waals surface area contributed by atoms with E-state index in [9.17, 15) is 19.2 Å². The van der Waals surface area contributed by atoms with E-state index in [1.54, 1.807) is 36.6 Å². The molecule has 2 saturated carbocycles. The highest BCUT2D eigenvalue weighted by atomic mass is 35.5. The van der Waals surface area contributed by atoms with Gasteiger partial charge in [0.2, 0.25) is 5.91 Å². The smallest absolute Gasteiger partial charge is 0.332 e. The second kappa shape index (κ2) is 23.2. The van der Waals surface area contributed by atoms with E-state index in [1.165, 1.54) is 59.4 Å². The molecule has 2 N–H and O–H groups in total. The first-order chi connectivity index (χ1) is 36.6. The van der Waals surface area contributed by atoms with E-state index in [0.717, 1.165) is 122 Å². The number of rotatable bonds is 14. The highest BCUT2D eigenvalue weighted by Crippen LogP contribution is 2.48. The molecular formula is C59H71Cl2N9O5S. The van der Waals surface area contributed by atoms with Crippen molar-refractivity contribution < 1.29 is 14.3 Å². The van der Waals surface area contributed by atoms with Gasteiger partial charge in [-0.1, -0.05) is 35.3 Å². The Balaban J connectivity index is 0.679. The third-order valence-electron chi connectivity index (χ3n) is 17.0. The summed E-state index contributed by atoms with van der Waals surface area (Å²) >= 11 is 15.0. The second-order valence-corrected chi connectivity index (χ2v) is 24.0. The SMILES string of the molecule is COc1cc2nc(C)nc(N[C@H](C)c3cc(-c4c(Cl)cccc4CN(C)C)cs3)c2cc1C1CCC(C(=O)N2CCN(CCC3CCC4(CC3)CCN(C(=O)c3ccc(Cl)c(-n5ccc(=O)[nH]c5=O)c3)CC4)CC2)CC1. The molecule has 4 fully saturated rings. The fourth-order valence-corrected chi connectivity index (χ4v) is 14.0. The monoisotopic (exact) mass is 1090 g/mol. The standard InChI is InChI=1S/C59H71Cl2N9O5S/c1-37(52-32-44(36-76-52)54-43(35-66(3)4)7-6-8-48(54)61)62-55-46-33-45(51(75-5)34-49(46)63-38(2)64-55)40-9-11-41(12-10-40)56(72)69-29-27-67(28-30-69)23-17-39-15-19-59(20-16-39)21-25-68(26-22-59)57(73)42-13-14-47(60)50(31-42)70-24-18-53(71)65-58(70)74/h6-8,13-14,18,24,31-34,36-37,39-41H,9-12,15-17,19-23,25-30,35H2,1-5H3,(H,62,63,64)(H,65,71,74)/t37-,40?,41?/m1/s1. The molecule has 2 aliphatic carbocycles. The van der Waals surface area contributed by atoms with Gasteiger partial charge in [0.1, 0.15) is 17.4 Å². The molecule has 14 nitrogen and oxygen atoms in total. The number of aryl methyl sites for hydroxylation is 1. The molecule has 2 saturated heterocycles. The molecule has 3 aromatic carbocycles. The molecule has 5 heterocycles. The average molecular weight is 1090 g/mol. The minimum atomic E-state index is -0.606. The van der Waals surface area contributed by atoms with E-state index in [-0.39, 0.29) is 29.2 Å². The van der Waals surface area contributed by atoms with Crippen molar-refractivity contribution in [2.75, 3.05) is 72.3 Å². The number of fused-ring (bicyclic) bond motifs is 1. The lowest BCUT2D eigenvalue weighted by Crippen LogP contribution is -2.51. The van der Waals surface area contributed by atoms with Crippen molar-refractivity contribution in [2.24, 2.45) is 17.3 Å². The zero-order valence-corrected chi connectivity index (χ0v) is 46.8. The van der Waals surface area contributed by atoms with Crippen LogP contribution in [0.15, 0.2) is 81.8 Å². The number of amides is 2. The summed E-state index contributed by atoms with van der Waals surface area (Å²) in [5, 5.41) is 7.99. The van der Waals surface area contributed by atoms with Crippen molar-refractivity contribution >= 4 is 63.1 Å². The number of ether oxygens (including phenoxy) is 1. The number of benzene rings is 3. The predicted octanol–water partition coefficient (Wildman–Crippen LogP) is 11.0. The van der Waals surface area contributed by atoms with Gasteiger partial charge in [-0.05, 0) is 181 Å². The minimum absolute atomic E-state index is 0.0130. The molecule has 76 heavy (non-hydrogen) atoms. The van der Waals surface area contributed by atoms with Crippen molar-refractivity contribution in [2.45, 2.75) is 103 Å². The molecule has 6 aromatic rings. The van der Waals surface area contributed by atoms with E-state index in [0.29, 0.717) is 47.0 Å². The number of aromatic amines is 1. The molecule has 10 rings (SSSR count). The molecule has 0 radical (unpaired) electrons. The van der Waals surface area contributed by atoms with Crippen molar-refractivity contribution in [3.05, 3.63) is 131 Å². The van der Waals surface area contributed by atoms with Crippen LogP contribution < -0.4 is 21.3 Å². The lowest BCUT2D eigenvalue weighted by Gasteiger charge is -2.46. The molecule has 2 amide bonds. The average Bonchev–Trinajstić information content (AvgIpc) is 3.91. The number of H-pyrrole nitrogens is 1. The highest BCUT2D eigenvalue weighted by Gasteiger charge is 2.40. The van der Waals surface area contributed by atoms with Crippen LogP contribution in [0.5, 0.6) is 5.75 Å². The number of carbonyl (C=O) groups is 2. The van der Waals surface area contributed by atoms with Crippen LogP contribution in [-0.4, -0.2) is 118 Å². The first-order valence-corrected chi connectivity index (χ1v) is 28.8. The fraction of sp³-hybridized carbons (Fsp3) is 0.492.